The smallest absolute Gasteiger partial charge is 0.309 e. The van der Waals surface area contributed by atoms with Crippen LogP contribution < -0.4 is 0 Å². The van der Waals surface area contributed by atoms with Gasteiger partial charge in [0.05, 0.1) is 25.4 Å². The Morgan fingerprint density at radius 2 is 1.93 bits per heavy atom. The fraction of sp³-hybridized carbons (Fsp3) is 0.667. The fourth-order valence-electron chi connectivity index (χ4n) is 0.983. The predicted octanol–water partition coefficient (Wildman–Crippen LogP) is 2.72. The van der Waals surface area contributed by atoms with Gasteiger partial charge in [-0.05, 0) is 20.8 Å². The summed E-state index contributed by atoms with van der Waals surface area (Å²) in [6.07, 6.45) is 1.53. The Balaban J connectivity index is 4.45. The van der Waals surface area contributed by atoms with E-state index in [4.69, 9.17) is 14.3 Å². The number of nitrogens with zero attached hydrogens (tertiary/aromatic N) is 1. The van der Waals surface area contributed by atoms with E-state index >= 15 is 0 Å². The highest BCUT2D eigenvalue weighted by Crippen LogP contribution is 2.49. The van der Waals surface area contributed by atoms with Crippen molar-refractivity contribution in [1.82, 2.24) is 0 Å². The lowest BCUT2D eigenvalue weighted by Gasteiger charge is -2.16. The minimum atomic E-state index is -3.02. The van der Waals surface area contributed by atoms with Gasteiger partial charge in [-0.1, -0.05) is 5.57 Å². The number of hydrogen-bond donors (Lipinski definition) is 0. The average molecular weight is 219 g/mol. The maximum absolute atomic E-state index is 11.9. The summed E-state index contributed by atoms with van der Waals surface area (Å²) in [6, 6.07) is 1.88. The number of nitriles is 1. The molecule has 0 aliphatic heterocycles. The van der Waals surface area contributed by atoms with E-state index in [0.29, 0.717) is 18.8 Å². The van der Waals surface area contributed by atoms with Crippen LogP contribution in [0.25, 0.3) is 0 Å². The maximum Gasteiger partial charge on any atom is 0.334 e. The van der Waals surface area contributed by atoms with Crippen LogP contribution in [0.3, 0.4) is 0 Å². The van der Waals surface area contributed by atoms with Crippen molar-refractivity contribution in [1.29, 1.82) is 5.26 Å². The minimum absolute atomic E-state index is 0.183. The normalized spacial score (nSPS) is 12.6. The van der Waals surface area contributed by atoms with Crippen molar-refractivity contribution in [3.63, 3.8) is 0 Å². The van der Waals surface area contributed by atoms with Gasteiger partial charge in [-0.25, -0.2) is 0 Å². The quantitative estimate of drug-likeness (QED) is 0.391. The highest BCUT2D eigenvalue weighted by molar-refractivity contribution is 7.54. The molecule has 5 heteroatoms. The Bertz CT molecular complexity index is 270. The number of hydrogen-bond acceptors (Lipinski definition) is 4. The van der Waals surface area contributed by atoms with Crippen LogP contribution in [0.5, 0.6) is 0 Å². The van der Waals surface area contributed by atoms with Crippen molar-refractivity contribution in [2.45, 2.75) is 20.8 Å². The molecule has 0 aromatic carbocycles. The molecule has 0 aliphatic rings. The van der Waals surface area contributed by atoms with E-state index in [9.17, 15) is 4.57 Å². The molecular weight excluding hydrogens is 203 g/mol. The van der Waals surface area contributed by atoms with Crippen molar-refractivity contribution in [3.8, 4) is 6.07 Å². The van der Waals surface area contributed by atoms with Gasteiger partial charge in [-0.2, -0.15) is 5.26 Å². The lowest BCUT2D eigenvalue weighted by atomic mass is 10.5. The molecule has 0 radical (unpaired) electrons. The molecule has 0 rings (SSSR count). The SMILES string of the molecule is CCOP(=O)(C/C(C)=[13CH]/[13C]#N)OCC. The Morgan fingerprint density at radius 1 is 1.43 bits per heavy atom. The standard InChI is InChI=1S/C9H16NO3P/c1-4-12-14(11,13-5-2)8-9(3)6-7-10/h6H,4-5,8H2,1-3H3/b9-6+/i6+1,7+1. The second kappa shape index (κ2) is 6.78. The molecule has 14 heavy (non-hydrogen) atoms. The van der Waals surface area contributed by atoms with Crippen LogP contribution in [0.4, 0.5) is 0 Å². The largest absolute Gasteiger partial charge is 0.334 e. The van der Waals surface area contributed by atoms with Crippen molar-refractivity contribution in [3.05, 3.63) is 11.6 Å². The van der Waals surface area contributed by atoms with E-state index in [0.717, 1.165) is 0 Å². The van der Waals surface area contributed by atoms with Crippen LogP contribution in [0.15, 0.2) is 11.6 Å². The Morgan fingerprint density at radius 3 is 2.29 bits per heavy atom. The highest BCUT2D eigenvalue weighted by Gasteiger charge is 2.23. The first-order valence-electron chi connectivity index (χ1n) is 4.51. The summed E-state index contributed by atoms with van der Waals surface area (Å²) in [4.78, 5) is 0. The first kappa shape index (κ1) is 13.4. The topological polar surface area (TPSA) is 59.3 Å². The molecule has 0 amide bonds. The minimum Gasteiger partial charge on any atom is -0.309 e. The molecule has 0 aromatic heterocycles. The molecule has 4 nitrogen and oxygen atoms in total. The summed E-state index contributed by atoms with van der Waals surface area (Å²) in [7, 11) is -3.02. The molecule has 80 valence electrons. The van der Waals surface area contributed by atoms with Gasteiger partial charge in [0.25, 0.3) is 0 Å². The number of rotatable bonds is 6. The molecule has 0 saturated carbocycles. The summed E-state index contributed by atoms with van der Waals surface area (Å²) in [5.41, 5.74) is 0.706. The van der Waals surface area contributed by atoms with Gasteiger partial charge in [0, 0.05) is 6.08 Å². The van der Waals surface area contributed by atoms with E-state index in [1.807, 2.05) is 6.07 Å². The zero-order chi connectivity index (χ0) is 11.0. The average Bonchev–Trinajstić information content (AvgIpc) is 2.04. The lowest BCUT2D eigenvalue weighted by molar-refractivity contribution is 0.222. The van der Waals surface area contributed by atoms with Crippen LogP contribution >= 0.6 is 7.60 Å². The van der Waals surface area contributed by atoms with Crippen molar-refractivity contribution < 1.29 is 13.6 Å². The van der Waals surface area contributed by atoms with Gasteiger partial charge in [0.2, 0.25) is 0 Å². The Kier molecular flexibility index (Phi) is 6.48. The molecule has 0 saturated heterocycles. The first-order valence-corrected chi connectivity index (χ1v) is 6.24. The van der Waals surface area contributed by atoms with Crippen molar-refractivity contribution in [2.24, 2.45) is 0 Å². The van der Waals surface area contributed by atoms with Crippen molar-refractivity contribution in [2.75, 3.05) is 19.4 Å². The van der Waals surface area contributed by atoms with Crippen LogP contribution in [0.1, 0.15) is 20.8 Å². The lowest BCUT2D eigenvalue weighted by Crippen LogP contribution is -2.01. The zero-order valence-electron chi connectivity index (χ0n) is 8.82. The fourth-order valence-corrected chi connectivity index (χ4v) is 2.73. The highest BCUT2D eigenvalue weighted by atomic mass is 31.2. The van der Waals surface area contributed by atoms with Crippen LogP contribution in [0, 0.1) is 11.3 Å². The molecule has 0 aromatic rings. The summed E-state index contributed by atoms with van der Waals surface area (Å²) >= 11 is 0. The molecule has 0 bridgehead atoms. The summed E-state index contributed by atoms with van der Waals surface area (Å²) in [5.74, 6) is 0. The third-order valence-corrected chi connectivity index (χ3v) is 3.59. The van der Waals surface area contributed by atoms with Gasteiger partial charge >= 0.3 is 7.60 Å². The molecule has 0 aliphatic carbocycles. The Labute approximate surface area is 85.1 Å². The van der Waals surface area contributed by atoms with Crippen LogP contribution in [0.2, 0.25) is 0 Å². The van der Waals surface area contributed by atoms with Crippen molar-refractivity contribution >= 4 is 7.60 Å². The molecule has 0 atom stereocenters. The van der Waals surface area contributed by atoms with Gasteiger partial charge in [0.1, 0.15) is 0 Å². The van der Waals surface area contributed by atoms with Gasteiger partial charge in [-0.15, -0.1) is 0 Å². The van der Waals surface area contributed by atoms with E-state index in [1.54, 1.807) is 20.8 Å². The van der Waals surface area contributed by atoms with Gasteiger partial charge in [0.15, 0.2) is 0 Å². The summed E-state index contributed by atoms with van der Waals surface area (Å²) in [5, 5.41) is 8.40. The van der Waals surface area contributed by atoms with E-state index < -0.39 is 7.60 Å². The van der Waals surface area contributed by atoms with E-state index in [2.05, 4.69) is 0 Å². The second-order valence-electron chi connectivity index (χ2n) is 2.72. The number of allylic oxidation sites excluding steroid dienone is 2. The third-order valence-electron chi connectivity index (χ3n) is 1.41. The van der Waals surface area contributed by atoms with Gasteiger partial charge in [-0.3, -0.25) is 4.57 Å². The summed E-state index contributed by atoms with van der Waals surface area (Å²) in [6.45, 7) is 5.94. The predicted molar refractivity (Wildman–Crippen MR) is 55.1 cm³/mol. The Hall–Kier alpha value is -0.620. The van der Waals surface area contributed by atoms with Crippen LogP contribution in [-0.4, -0.2) is 19.4 Å². The molecular formula is C9H16NO3P. The first-order chi connectivity index (χ1) is 6.58. The summed E-state index contributed by atoms with van der Waals surface area (Å²) < 4.78 is 22.0. The molecule has 0 spiro atoms. The van der Waals surface area contributed by atoms with Crippen LogP contribution in [-0.2, 0) is 13.6 Å². The van der Waals surface area contributed by atoms with E-state index in [-0.39, 0.29) is 6.16 Å². The second-order valence-corrected chi connectivity index (χ2v) is 4.78. The molecule has 0 heterocycles. The van der Waals surface area contributed by atoms with Gasteiger partial charge < -0.3 is 9.05 Å². The maximum atomic E-state index is 11.9. The van der Waals surface area contributed by atoms with E-state index in [1.165, 1.54) is 6.08 Å². The monoisotopic (exact) mass is 219 g/mol. The molecule has 0 unspecified atom stereocenters. The molecule has 0 fully saturated rings. The molecule has 0 N–H and O–H groups in total. The zero-order valence-corrected chi connectivity index (χ0v) is 9.71. The third kappa shape index (κ3) is 5.18.